The van der Waals surface area contributed by atoms with E-state index in [1.807, 2.05) is 48.7 Å². The normalized spacial score (nSPS) is 11.3. The van der Waals surface area contributed by atoms with Gasteiger partial charge in [0.2, 0.25) is 17.8 Å². The van der Waals surface area contributed by atoms with Crippen molar-refractivity contribution in [3.63, 3.8) is 0 Å². The lowest BCUT2D eigenvalue weighted by molar-refractivity contribution is 0.814. The maximum atomic E-state index is 4.62. The predicted octanol–water partition coefficient (Wildman–Crippen LogP) is 6.21. The van der Waals surface area contributed by atoms with Gasteiger partial charge in [-0.15, -0.1) is 0 Å². The zero-order chi connectivity index (χ0) is 24.0. The number of para-hydroxylation sites is 1. The van der Waals surface area contributed by atoms with Crippen molar-refractivity contribution in [1.29, 1.82) is 0 Å². The number of rotatable bonds is 8. The molecule has 1 aromatic heterocycles. The lowest BCUT2D eigenvalue weighted by Gasteiger charge is -2.19. The van der Waals surface area contributed by atoms with Gasteiger partial charge in [-0.3, -0.25) is 0 Å². The molecule has 7 heteroatoms. The molecule has 4 aromatic carbocycles. The van der Waals surface area contributed by atoms with Crippen LogP contribution in [-0.4, -0.2) is 34.3 Å². The van der Waals surface area contributed by atoms with Gasteiger partial charge in [-0.05, 0) is 53.6 Å². The van der Waals surface area contributed by atoms with E-state index < -0.39 is 0 Å². The number of anilines is 4. The third-order valence-corrected chi connectivity index (χ3v) is 5.87. The fourth-order valence-corrected chi connectivity index (χ4v) is 4.11. The standard InChI is InChI=1S/C28H27N7/c1-3-35(4-2)28-32-26(30-22-14-6-5-7-15-22)31-27(33-28)34-29-19-25-23-16-10-8-12-20(23)18-21-13-9-11-17-24(21)25/h5-19H,3-4H2,1-2H3,(H2,30,31,32,33,34)/b29-19+. The molecule has 0 amide bonds. The number of hydrazone groups is 1. The average Bonchev–Trinajstić information content (AvgIpc) is 2.89. The molecular formula is C28H27N7. The van der Waals surface area contributed by atoms with Crippen molar-refractivity contribution in [3.05, 3.63) is 90.5 Å². The molecule has 0 radical (unpaired) electrons. The van der Waals surface area contributed by atoms with E-state index in [9.17, 15) is 0 Å². The second-order valence-corrected chi connectivity index (χ2v) is 8.05. The summed E-state index contributed by atoms with van der Waals surface area (Å²) in [6, 6.07) is 28.7. The summed E-state index contributed by atoms with van der Waals surface area (Å²) >= 11 is 0. The SMILES string of the molecule is CCN(CC)c1nc(N/N=C/c2c3ccccc3cc3ccccc23)nc(Nc2ccccc2)n1. The van der Waals surface area contributed by atoms with Crippen molar-refractivity contribution < 1.29 is 0 Å². The van der Waals surface area contributed by atoms with Crippen LogP contribution in [0.25, 0.3) is 21.5 Å². The lowest BCUT2D eigenvalue weighted by atomic mass is 9.97. The highest BCUT2D eigenvalue weighted by molar-refractivity contribution is 6.13. The predicted molar refractivity (Wildman–Crippen MR) is 146 cm³/mol. The fourth-order valence-electron chi connectivity index (χ4n) is 4.11. The Hall–Kier alpha value is -4.52. The Morgan fingerprint density at radius 3 is 2.00 bits per heavy atom. The van der Waals surface area contributed by atoms with Crippen molar-refractivity contribution in [2.45, 2.75) is 13.8 Å². The Kier molecular flexibility index (Phi) is 6.48. The maximum absolute atomic E-state index is 4.62. The van der Waals surface area contributed by atoms with Crippen LogP contribution in [0.2, 0.25) is 0 Å². The second-order valence-electron chi connectivity index (χ2n) is 8.05. The van der Waals surface area contributed by atoms with Crippen LogP contribution in [-0.2, 0) is 0 Å². The van der Waals surface area contributed by atoms with Crippen molar-refractivity contribution in [2.75, 3.05) is 28.7 Å². The van der Waals surface area contributed by atoms with Crippen molar-refractivity contribution in [2.24, 2.45) is 5.10 Å². The molecule has 0 saturated heterocycles. The lowest BCUT2D eigenvalue weighted by Crippen LogP contribution is -2.25. The second kappa shape index (κ2) is 10.2. The van der Waals surface area contributed by atoms with Gasteiger partial charge in [0.15, 0.2) is 0 Å². The number of fused-ring (bicyclic) bond motifs is 2. The molecule has 0 unspecified atom stereocenters. The monoisotopic (exact) mass is 461 g/mol. The number of hydrogen-bond acceptors (Lipinski definition) is 7. The minimum atomic E-state index is 0.376. The number of nitrogens with zero attached hydrogens (tertiary/aromatic N) is 5. The Labute approximate surface area is 204 Å². The smallest absolute Gasteiger partial charge is 0.250 e. The Morgan fingerprint density at radius 1 is 0.743 bits per heavy atom. The van der Waals surface area contributed by atoms with E-state index in [0.29, 0.717) is 17.8 Å². The third kappa shape index (κ3) is 4.89. The van der Waals surface area contributed by atoms with Gasteiger partial charge in [0.1, 0.15) is 0 Å². The van der Waals surface area contributed by atoms with Gasteiger partial charge < -0.3 is 10.2 Å². The quantitative estimate of drug-likeness (QED) is 0.162. The molecular weight excluding hydrogens is 434 g/mol. The van der Waals surface area contributed by atoms with Gasteiger partial charge in [-0.25, -0.2) is 5.43 Å². The van der Waals surface area contributed by atoms with Crippen molar-refractivity contribution in [3.8, 4) is 0 Å². The van der Waals surface area contributed by atoms with Gasteiger partial charge in [0.25, 0.3) is 0 Å². The van der Waals surface area contributed by atoms with E-state index in [0.717, 1.165) is 35.1 Å². The van der Waals surface area contributed by atoms with E-state index in [4.69, 9.17) is 0 Å². The topological polar surface area (TPSA) is 78.3 Å². The van der Waals surface area contributed by atoms with Gasteiger partial charge in [0.05, 0.1) is 6.21 Å². The van der Waals surface area contributed by atoms with E-state index in [1.165, 1.54) is 10.8 Å². The Morgan fingerprint density at radius 2 is 1.34 bits per heavy atom. The fraction of sp³-hybridized carbons (Fsp3) is 0.143. The van der Waals surface area contributed by atoms with Crippen LogP contribution < -0.4 is 15.6 Å². The number of nitrogens with one attached hydrogen (secondary N) is 2. The molecule has 5 aromatic rings. The van der Waals surface area contributed by atoms with E-state index >= 15 is 0 Å². The van der Waals surface area contributed by atoms with Crippen LogP contribution in [0.3, 0.4) is 0 Å². The largest absolute Gasteiger partial charge is 0.341 e. The number of benzene rings is 4. The third-order valence-electron chi connectivity index (χ3n) is 5.87. The van der Waals surface area contributed by atoms with Crippen LogP contribution in [0.15, 0.2) is 90.0 Å². The molecule has 0 fully saturated rings. The minimum Gasteiger partial charge on any atom is -0.341 e. The zero-order valence-electron chi connectivity index (χ0n) is 19.8. The first kappa shape index (κ1) is 22.3. The highest BCUT2D eigenvalue weighted by atomic mass is 15.4. The van der Waals surface area contributed by atoms with Gasteiger partial charge in [-0.1, -0.05) is 66.7 Å². The Balaban J connectivity index is 1.50. The maximum Gasteiger partial charge on any atom is 0.250 e. The first-order valence-electron chi connectivity index (χ1n) is 11.8. The summed E-state index contributed by atoms with van der Waals surface area (Å²) in [4.78, 5) is 15.9. The Bertz CT molecular complexity index is 1420. The molecule has 0 spiro atoms. The summed E-state index contributed by atoms with van der Waals surface area (Å²) in [5, 5.41) is 12.4. The van der Waals surface area contributed by atoms with Gasteiger partial charge >= 0.3 is 0 Å². The summed E-state index contributed by atoms with van der Waals surface area (Å²) in [7, 11) is 0. The van der Waals surface area contributed by atoms with E-state index in [2.05, 4.69) is 92.0 Å². The molecule has 1 heterocycles. The molecule has 5 rings (SSSR count). The summed E-state index contributed by atoms with van der Waals surface area (Å²) in [6.07, 6.45) is 1.84. The average molecular weight is 462 g/mol. The molecule has 7 nitrogen and oxygen atoms in total. The summed E-state index contributed by atoms with van der Waals surface area (Å²) in [5.41, 5.74) is 4.98. The molecule has 2 N–H and O–H groups in total. The molecule has 35 heavy (non-hydrogen) atoms. The van der Waals surface area contributed by atoms with Crippen LogP contribution >= 0.6 is 0 Å². The van der Waals surface area contributed by atoms with Gasteiger partial charge in [0, 0.05) is 24.3 Å². The number of hydrogen-bond donors (Lipinski definition) is 2. The molecule has 0 atom stereocenters. The summed E-state index contributed by atoms with van der Waals surface area (Å²) < 4.78 is 0. The van der Waals surface area contributed by atoms with E-state index in [1.54, 1.807) is 0 Å². The van der Waals surface area contributed by atoms with E-state index in [-0.39, 0.29) is 0 Å². The molecule has 174 valence electrons. The summed E-state index contributed by atoms with van der Waals surface area (Å²) in [5.74, 6) is 1.43. The molecule has 0 saturated carbocycles. The molecule has 0 aliphatic carbocycles. The van der Waals surface area contributed by atoms with Crippen molar-refractivity contribution in [1.82, 2.24) is 15.0 Å². The molecule has 0 aliphatic heterocycles. The van der Waals surface area contributed by atoms with Gasteiger partial charge in [-0.2, -0.15) is 20.1 Å². The minimum absolute atomic E-state index is 0.376. The first-order valence-corrected chi connectivity index (χ1v) is 11.8. The highest BCUT2D eigenvalue weighted by Crippen LogP contribution is 2.27. The van der Waals surface area contributed by atoms with Crippen molar-refractivity contribution >= 4 is 51.3 Å². The highest BCUT2D eigenvalue weighted by Gasteiger charge is 2.12. The van der Waals surface area contributed by atoms with Crippen LogP contribution in [0.5, 0.6) is 0 Å². The van der Waals surface area contributed by atoms with Crippen LogP contribution in [0, 0.1) is 0 Å². The summed E-state index contributed by atoms with van der Waals surface area (Å²) in [6.45, 7) is 5.73. The molecule has 0 bridgehead atoms. The first-order chi connectivity index (χ1) is 17.2. The van der Waals surface area contributed by atoms with Crippen LogP contribution in [0.4, 0.5) is 23.5 Å². The number of aromatic nitrogens is 3. The van der Waals surface area contributed by atoms with Crippen LogP contribution in [0.1, 0.15) is 19.4 Å². The molecule has 0 aliphatic rings. The zero-order valence-corrected chi connectivity index (χ0v) is 19.8.